The summed E-state index contributed by atoms with van der Waals surface area (Å²) in [4.78, 5) is 38.6. The molecule has 2 rings (SSSR count). The molecule has 0 heterocycles. The minimum atomic E-state index is -0.694. The highest BCUT2D eigenvalue weighted by Crippen LogP contribution is 2.21. The second kappa shape index (κ2) is 11.5. The van der Waals surface area contributed by atoms with Gasteiger partial charge in [-0.25, -0.2) is 0 Å². The monoisotopic (exact) mass is 445 g/mol. The number of nitrogens with zero attached hydrogens (tertiary/aromatic N) is 2. The molecule has 0 spiro atoms. The first-order valence-corrected chi connectivity index (χ1v) is 10.7. The van der Waals surface area contributed by atoms with Crippen LogP contribution in [0.1, 0.15) is 44.7 Å². The Hall–Kier alpha value is -2.93. The van der Waals surface area contributed by atoms with Crippen LogP contribution in [0.4, 0.5) is 5.69 Å². The van der Waals surface area contributed by atoms with Gasteiger partial charge in [0.05, 0.1) is 11.3 Å². The number of benzene rings is 2. The van der Waals surface area contributed by atoms with E-state index in [2.05, 4.69) is 5.32 Å². The topological polar surface area (TPSA) is 92.6 Å². The van der Waals surface area contributed by atoms with Gasteiger partial charge in [-0.3, -0.25) is 19.7 Å². The Kier molecular flexibility index (Phi) is 9.00. The Morgan fingerprint density at radius 2 is 1.74 bits per heavy atom. The van der Waals surface area contributed by atoms with Crippen LogP contribution < -0.4 is 5.32 Å². The first-order valence-electron chi connectivity index (χ1n) is 10.3. The molecule has 0 aliphatic heterocycles. The third-order valence-corrected chi connectivity index (χ3v) is 5.44. The minimum absolute atomic E-state index is 0.0238. The number of carbonyl (C=O) groups excluding carboxylic acids is 2. The largest absolute Gasteiger partial charge is 0.352 e. The molecular weight excluding hydrogens is 418 g/mol. The average Bonchev–Trinajstić information content (AvgIpc) is 2.75. The number of nitrogens with one attached hydrogen (secondary N) is 1. The van der Waals surface area contributed by atoms with Crippen LogP contribution in [0.3, 0.4) is 0 Å². The van der Waals surface area contributed by atoms with Crippen molar-refractivity contribution in [3.8, 4) is 0 Å². The summed E-state index contributed by atoms with van der Waals surface area (Å²) in [5.74, 6) is -0.586. The predicted octanol–water partition coefficient (Wildman–Crippen LogP) is 4.51. The molecule has 1 N–H and O–H groups in total. The van der Waals surface area contributed by atoms with E-state index in [-0.39, 0.29) is 36.5 Å². The molecule has 0 unspecified atom stereocenters. The van der Waals surface area contributed by atoms with Crippen molar-refractivity contribution in [2.24, 2.45) is 0 Å². The lowest BCUT2D eigenvalue weighted by Gasteiger charge is -2.31. The normalized spacial score (nSPS) is 12.6. The number of nitro groups is 1. The Morgan fingerprint density at radius 1 is 1.10 bits per heavy atom. The number of para-hydroxylation sites is 1. The second-order valence-corrected chi connectivity index (χ2v) is 7.89. The van der Waals surface area contributed by atoms with Crippen LogP contribution in [0.5, 0.6) is 0 Å². The predicted molar refractivity (Wildman–Crippen MR) is 121 cm³/mol. The van der Waals surface area contributed by atoms with Crippen molar-refractivity contribution in [3.63, 3.8) is 0 Å². The van der Waals surface area contributed by atoms with Crippen molar-refractivity contribution in [2.75, 3.05) is 0 Å². The number of carbonyl (C=O) groups is 2. The molecule has 0 saturated carbocycles. The van der Waals surface area contributed by atoms with E-state index >= 15 is 0 Å². The standard InChI is InChI=1S/C23H28ClN3O4/c1-4-16(3)25-23(29)20(5-2)26(15-17-10-12-19(24)13-11-17)22(28)14-18-8-6-7-9-21(18)27(30)31/h6-13,16,20H,4-5,14-15H2,1-3H3,(H,25,29)/t16-,20-/m0/s1. The molecule has 0 bridgehead atoms. The number of rotatable bonds is 10. The molecule has 166 valence electrons. The summed E-state index contributed by atoms with van der Waals surface area (Å²) in [6.07, 6.45) is 1.01. The number of amides is 2. The smallest absolute Gasteiger partial charge is 0.273 e. The molecule has 31 heavy (non-hydrogen) atoms. The molecular formula is C23H28ClN3O4. The molecule has 2 aromatic carbocycles. The summed E-state index contributed by atoms with van der Waals surface area (Å²) < 4.78 is 0. The Morgan fingerprint density at radius 3 is 2.32 bits per heavy atom. The van der Waals surface area contributed by atoms with E-state index in [1.165, 1.54) is 11.0 Å². The van der Waals surface area contributed by atoms with Gasteiger partial charge in [0.25, 0.3) is 5.69 Å². The Labute approximate surface area is 187 Å². The molecule has 2 amide bonds. The lowest BCUT2D eigenvalue weighted by molar-refractivity contribution is -0.385. The summed E-state index contributed by atoms with van der Waals surface area (Å²) in [5, 5.41) is 14.9. The lowest BCUT2D eigenvalue weighted by atomic mass is 10.0. The zero-order chi connectivity index (χ0) is 23.0. The molecule has 2 aromatic rings. The molecule has 0 saturated heterocycles. The van der Waals surface area contributed by atoms with Gasteiger partial charge < -0.3 is 10.2 Å². The van der Waals surface area contributed by atoms with Gasteiger partial charge in [0.2, 0.25) is 11.8 Å². The van der Waals surface area contributed by atoms with Crippen LogP contribution in [0.15, 0.2) is 48.5 Å². The van der Waals surface area contributed by atoms with Crippen LogP contribution in [-0.4, -0.2) is 33.7 Å². The SMILES string of the molecule is CC[C@H](C)NC(=O)[C@H](CC)N(Cc1ccc(Cl)cc1)C(=O)Cc1ccccc1[N+](=O)[O-]. The molecule has 0 aliphatic rings. The van der Waals surface area contributed by atoms with E-state index in [0.29, 0.717) is 17.0 Å². The van der Waals surface area contributed by atoms with E-state index in [1.807, 2.05) is 20.8 Å². The van der Waals surface area contributed by atoms with Crippen LogP contribution >= 0.6 is 11.6 Å². The summed E-state index contributed by atoms with van der Waals surface area (Å²) in [7, 11) is 0. The molecule has 0 radical (unpaired) electrons. The number of hydrogen-bond acceptors (Lipinski definition) is 4. The van der Waals surface area contributed by atoms with Crippen molar-refractivity contribution < 1.29 is 14.5 Å². The Balaban J connectivity index is 2.35. The zero-order valence-electron chi connectivity index (χ0n) is 18.0. The minimum Gasteiger partial charge on any atom is -0.352 e. The highest BCUT2D eigenvalue weighted by molar-refractivity contribution is 6.30. The van der Waals surface area contributed by atoms with Crippen LogP contribution in [0, 0.1) is 10.1 Å². The first-order chi connectivity index (χ1) is 14.8. The maximum Gasteiger partial charge on any atom is 0.273 e. The summed E-state index contributed by atoms with van der Waals surface area (Å²) in [6.45, 7) is 5.91. The maximum atomic E-state index is 13.3. The van der Waals surface area contributed by atoms with Gasteiger partial charge in [0.15, 0.2) is 0 Å². The number of hydrogen-bond donors (Lipinski definition) is 1. The molecule has 0 aliphatic carbocycles. The van der Waals surface area contributed by atoms with Crippen molar-refractivity contribution in [3.05, 3.63) is 74.8 Å². The molecule has 0 aromatic heterocycles. The van der Waals surface area contributed by atoms with Gasteiger partial charge >= 0.3 is 0 Å². The fourth-order valence-electron chi connectivity index (χ4n) is 3.25. The average molecular weight is 446 g/mol. The Bertz CT molecular complexity index is 917. The lowest BCUT2D eigenvalue weighted by Crippen LogP contribution is -2.51. The van der Waals surface area contributed by atoms with E-state index in [1.54, 1.807) is 42.5 Å². The van der Waals surface area contributed by atoms with E-state index < -0.39 is 11.0 Å². The van der Waals surface area contributed by atoms with Crippen molar-refractivity contribution >= 4 is 29.1 Å². The summed E-state index contributed by atoms with van der Waals surface area (Å²) in [6, 6.07) is 12.5. The number of nitro benzene ring substituents is 1. The van der Waals surface area contributed by atoms with E-state index in [0.717, 1.165) is 12.0 Å². The summed E-state index contributed by atoms with van der Waals surface area (Å²) >= 11 is 5.97. The molecule has 2 atom stereocenters. The van der Waals surface area contributed by atoms with Crippen molar-refractivity contribution in [1.82, 2.24) is 10.2 Å². The van der Waals surface area contributed by atoms with E-state index in [9.17, 15) is 19.7 Å². The quantitative estimate of drug-likeness (QED) is 0.430. The highest BCUT2D eigenvalue weighted by atomic mass is 35.5. The fraction of sp³-hybridized carbons (Fsp3) is 0.391. The third kappa shape index (κ3) is 6.79. The number of halogens is 1. The van der Waals surface area contributed by atoms with Gasteiger partial charge in [-0.2, -0.15) is 0 Å². The molecule has 7 nitrogen and oxygen atoms in total. The van der Waals surface area contributed by atoms with Crippen molar-refractivity contribution in [1.29, 1.82) is 0 Å². The summed E-state index contributed by atoms with van der Waals surface area (Å²) in [5.41, 5.74) is 1.02. The highest BCUT2D eigenvalue weighted by Gasteiger charge is 2.30. The molecule has 0 fully saturated rings. The van der Waals surface area contributed by atoms with Crippen LogP contribution in [0.25, 0.3) is 0 Å². The van der Waals surface area contributed by atoms with E-state index in [4.69, 9.17) is 11.6 Å². The van der Waals surface area contributed by atoms with Gasteiger partial charge in [-0.15, -0.1) is 0 Å². The van der Waals surface area contributed by atoms with Gasteiger partial charge in [-0.05, 0) is 37.5 Å². The second-order valence-electron chi connectivity index (χ2n) is 7.45. The third-order valence-electron chi connectivity index (χ3n) is 5.18. The van der Waals surface area contributed by atoms with Gasteiger partial charge in [-0.1, -0.05) is 55.8 Å². The van der Waals surface area contributed by atoms with Crippen molar-refractivity contribution in [2.45, 2.75) is 58.7 Å². The van der Waals surface area contributed by atoms with Crippen LogP contribution in [0.2, 0.25) is 5.02 Å². The molecule has 8 heteroatoms. The first kappa shape index (κ1) is 24.3. The van der Waals surface area contributed by atoms with Gasteiger partial charge in [0, 0.05) is 29.2 Å². The fourth-order valence-corrected chi connectivity index (χ4v) is 3.38. The zero-order valence-corrected chi connectivity index (χ0v) is 18.8. The van der Waals surface area contributed by atoms with Gasteiger partial charge in [0.1, 0.15) is 6.04 Å². The van der Waals surface area contributed by atoms with Crippen LogP contribution in [-0.2, 0) is 22.6 Å². The maximum absolute atomic E-state index is 13.3.